The lowest BCUT2D eigenvalue weighted by molar-refractivity contribution is -0.646. The molecule has 0 N–H and O–H groups in total. The number of Topliss-reactive ketones (excluding diaryl/α,β-unsaturated/α-hetero) is 2. The average molecular weight is 110 g/mol. The number of rotatable bonds is 0. The first-order valence-corrected chi connectivity index (χ1v) is 2.28. The Morgan fingerprint density at radius 3 is 1.62 bits per heavy atom. The van der Waals surface area contributed by atoms with Crippen molar-refractivity contribution in [3.8, 4) is 0 Å². The van der Waals surface area contributed by atoms with Crippen molar-refractivity contribution in [1.29, 1.82) is 0 Å². The van der Waals surface area contributed by atoms with E-state index in [9.17, 15) is 9.59 Å². The topological polar surface area (TPSA) is 59.5 Å². The van der Waals surface area contributed by atoms with Crippen molar-refractivity contribution in [2.45, 2.75) is 12.1 Å². The van der Waals surface area contributed by atoms with Gasteiger partial charge in [0, 0.05) is 0 Å². The van der Waals surface area contributed by atoms with E-state index in [4.69, 9.17) is 5.53 Å². The fourth-order valence-corrected chi connectivity index (χ4v) is 0.990. The quantitative estimate of drug-likeness (QED) is 0.294. The molecule has 0 radical (unpaired) electrons. The monoisotopic (exact) mass is 110 g/mol. The Morgan fingerprint density at radius 2 is 1.62 bits per heavy atom. The SMILES string of the molecule is [N-]=[N+]1C2C(=O)C1C2=O. The van der Waals surface area contributed by atoms with Gasteiger partial charge in [0.2, 0.25) is 0 Å². The molecule has 3 aliphatic rings. The van der Waals surface area contributed by atoms with E-state index in [2.05, 4.69) is 0 Å². The van der Waals surface area contributed by atoms with Crippen LogP contribution < -0.4 is 0 Å². The van der Waals surface area contributed by atoms with Gasteiger partial charge in [0.25, 0.3) is 23.7 Å². The molecular formula is C4H2N2O2. The van der Waals surface area contributed by atoms with Gasteiger partial charge in [0.1, 0.15) is 0 Å². The van der Waals surface area contributed by atoms with E-state index >= 15 is 0 Å². The summed E-state index contributed by atoms with van der Waals surface area (Å²) in [6, 6.07) is -1.56. The van der Waals surface area contributed by atoms with Crippen molar-refractivity contribution < 1.29 is 14.3 Å². The molecule has 0 aromatic rings. The second-order valence-electron chi connectivity index (χ2n) is 1.99. The van der Waals surface area contributed by atoms with Crippen molar-refractivity contribution in [1.82, 2.24) is 0 Å². The number of nitrogens with zero attached hydrogens (tertiary/aromatic N) is 2. The van der Waals surface area contributed by atoms with E-state index in [1.165, 1.54) is 0 Å². The lowest BCUT2D eigenvalue weighted by atomic mass is 9.72. The summed E-state index contributed by atoms with van der Waals surface area (Å²) >= 11 is 0. The average Bonchev–Trinajstić information content (AvgIpc) is 1.66. The zero-order valence-electron chi connectivity index (χ0n) is 3.87. The zero-order chi connectivity index (χ0) is 5.89. The minimum absolute atomic E-state index is 0.141. The lowest BCUT2D eigenvalue weighted by Crippen LogP contribution is -2.79. The molecule has 0 amide bonds. The van der Waals surface area contributed by atoms with Crippen LogP contribution in [0.4, 0.5) is 0 Å². The molecular weight excluding hydrogens is 108 g/mol. The minimum atomic E-state index is -0.778. The Balaban J connectivity index is 2.42. The molecule has 0 spiro atoms. The normalized spacial score (nSPS) is 41.2. The summed E-state index contributed by atoms with van der Waals surface area (Å²) in [6.45, 7) is 0. The van der Waals surface area contributed by atoms with Crippen LogP contribution >= 0.6 is 0 Å². The molecule has 4 nitrogen and oxygen atoms in total. The molecule has 8 heavy (non-hydrogen) atoms. The van der Waals surface area contributed by atoms with Crippen LogP contribution in [0.25, 0.3) is 5.53 Å². The molecule has 0 aromatic carbocycles. The van der Waals surface area contributed by atoms with Gasteiger partial charge >= 0.3 is 0 Å². The molecule has 4 heteroatoms. The predicted molar refractivity (Wildman–Crippen MR) is 21.2 cm³/mol. The van der Waals surface area contributed by atoms with E-state index in [1.54, 1.807) is 0 Å². The molecule has 0 aromatic heterocycles. The van der Waals surface area contributed by atoms with Crippen molar-refractivity contribution in [3.63, 3.8) is 0 Å². The molecule has 0 atom stereocenters. The standard InChI is InChI=1S/C4H2N2O2/c5-6-1-3(7)2(6)4(1)8/h1-2H. The van der Waals surface area contributed by atoms with Gasteiger partial charge < -0.3 is 5.53 Å². The zero-order valence-corrected chi connectivity index (χ0v) is 3.87. The third kappa shape index (κ3) is 0.146. The van der Waals surface area contributed by atoms with E-state index in [1.807, 2.05) is 0 Å². The first kappa shape index (κ1) is 3.88. The van der Waals surface area contributed by atoms with Gasteiger partial charge in [-0.3, -0.25) is 14.3 Å². The number of hydrogen-bond donors (Lipinski definition) is 0. The molecule has 1 saturated carbocycles. The number of hydrogen-bond acceptors (Lipinski definition) is 2. The Labute approximate surface area is 44.6 Å². The molecule has 40 valence electrons. The lowest BCUT2D eigenvalue weighted by Gasteiger charge is -2.42. The molecule has 3 fully saturated rings. The van der Waals surface area contributed by atoms with Crippen LogP contribution in [0, 0.1) is 0 Å². The van der Waals surface area contributed by atoms with Crippen LogP contribution in [-0.2, 0) is 9.59 Å². The van der Waals surface area contributed by atoms with E-state index in [-0.39, 0.29) is 11.6 Å². The summed E-state index contributed by atoms with van der Waals surface area (Å²) in [5.41, 5.74) is 8.50. The smallest absolute Gasteiger partial charge is 0.282 e. The highest BCUT2D eigenvalue weighted by atomic mass is 16.2. The highest BCUT2D eigenvalue weighted by molar-refractivity contribution is 6.32. The highest BCUT2D eigenvalue weighted by Gasteiger charge is 2.73. The summed E-state index contributed by atoms with van der Waals surface area (Å²) in [7, 11) is 0. The molecule has 0 unspecified atom stereocenters. The largest absolute Gasteiger partial charge is 0.505 e. The maximum atomic E-state index is 10.3. The third-order valence-corrected chi connectivity index (χ3v) is 1.61. The fourth-order valence-electron chi connectivity index (χ4n) is 0.990. The number of carbonyl (C=O) groups excluding carboxylic acids is 2. The van der Waals surface area contributed by atoms with Gasteiger partial charge in [-0.05, 0) is 0 Å². The van der Waals surface area contributed by atoms with E-state index < -0.39 is 12.1 Å². The summed E-state index contributed by atoms with van der Waals surface area (Å²) in [6.07, 6.45) is 0. The number of ketones is 2. The van der Waals surface area contributed by atoms with Gasteiger partial charge in [-0.1, -0.05) is 0 Å². The highest BCUT2D eigenvalue weighted by Crippen LogP contribution is 2.31. The van der Waals surface area contributed by atoms with Crippen LogP contribution in [0.5, 0.6) is 0 Å². The molecule has 2 heterocycles. The summed E-state index contributed by atoms with van der Waals surface area (Å²) in [5.74, 6) is -0.282. The maximum Gasteiger partial charge on any atom is 0.282 e. The molecule has 3 rings (SSSR count). The fraction of sp³-hybridized carbons (Fsp3) is 0.500. The van der Waals surface area contributed by atoms with E-state index in [0.29, 0.717) is 0 Å². The summed E-state index contributed by atoms with van der Waals surface area (Å²) in [5, 5.41) is 0. The minimum Gasteiger partial charge on any atom is -0.505 e. The maximum absolute atomic E-state index is 10.3. The summed E-state index contributed by atoms with van der Waals surface area (Å²) in [4.78, 5) is 20.6. The van der Waals surface area contributed by atoms with Crippen molar-refractivity contribution in [3.05, 3.63) is 5.53 Å². The Hall–Kier alpha value is -1.06. The second-order valence-corrected chi connectivity index (χ2v) is 1.99. The Bertz CT molecular complexity index is 164. The molecule has 2 bridgehead atoms. The van der Waals surface area contributed by atoms with E-state index in [0.717, 1.165) is 4.70 Å². The van der Waals surface area contributed by atoms with Crippen molar-refractivity contribution in [2.24, 2.45) is 0 Å². The van der Waals surface area contributed by atoms with Gasteiger partial charge in [0.05, 0.1) is 0 Å². The molecule has 1 aliphatic carbocycles. The third-order valence-electron chi connectivity index (χ3n) is 1.61. The van der Waals surface area contributed by atoms with Crippen molar-refractivity contribution in [2.75, 3.05) is 0 Å². The van der Waals surface area contributed by atoms with Crippen LogP contribution in [0.2, 0.25) is 0 Å². The summed E-state index contributed by atoms with van der Waals surface area (Å²) < 4.78 is 0.782. The molecule has 2 saturated heterocycles. The number of carbonyl (C=O) groups is 2. The van der Waals surface area contributed by atoms with Gasteiger partial charge in [-0.25, -0.2) is 0 Å². The predicted octanol–water partition coefficient (Wildman–Crippen LogP) is -1.08. The van der Waals surface area contributed by atoms with Crippen LogP contribution in [0.1, 0.15) is 0 Å². The molecule has 2 aliphatic heterocycles. The van der Waals surface area contributed by atoms with Gasteiger partial charge in [0.15, 0.2) is 0 Å². The van der Waals surface area contributed by atoms with Crippen LogP contribution in [-0.4, -0.2) is 28.3 Å². The van der Waals surface area contributed by atoms with Gasteiger partial charge in [-0.2, -0.15) is 0 Å². The second kappa shape index (κ2) is 0.746. The van der Waals surface area contributed by atoms with Gasteiger partial charge in [-0.15, -0.1) is 0 Å². The Morgan fingerprint density at radius 1 is 1.25 bits per heavy atom. The first-order chi connectivity index (χ1) is 3.73. The van der Waals surface area contributed by atoms with Crippen LogP contribution in [0.3, 0.4) is 0 Å². The first-order valence-electron chi connectivity index (χ1n) is 2.28. The van der Waals surface area contributed by atoms with Crippen LogP contribution in [0.15, 0.2) is 0 Å². The van der Waals surface area contributed by atoms with Crippen molar-refractivity contribution >= 4 is 11.6 Å². The Kier molecular flexibility index (Phi) is 0.362.